The second-order valence-corrected chi connectivity index (χ2v) is 7.67. The van der Waals surface area contributed by atoms with E-state index in [0.717, 1.165) is 49.1 Å². The number of ether oxygens (including phenoxy) is 1. The van der Waals surface area contributed by atoms with Crippen LogP contribution in [0.4, 0.5) is 0 Å². The van der Waals surface area contributed by atoms with Crippen molar-refractivity contribution in [1.29, 1.82) is 0 Å². The number of hydrogen-bond donors (Lipinski definition) is 1. The van der Waals surface area contributed by atoms with Crippen LogP contribution >= 0.6 is 11.6 Å². The van der Waals surface area contributed by atoms with Gasteiger partial charge in [-0.2, -0.15) is 5.10 Å². The SMILES string of the molecule is CC(=O)O.CCN(CC)CCOC(=O)Cc1cn(-c2ccccc2)nc1-c1ccc(Cl)cc1. The van der Waals surface area contributed by atoms with E-state index in [0.29, 0.717) is 11.6 Å². The van der Waals surface area contributed by atoms with Gasteiger partial charge in [-0.15, -0.1) is 0 Å². The molecule has 0 saturated carbocycles. The Hall–Kier alpha value is -3.16. The zero-order chi connectivity index (χ0) is 24.2. The summed E-state index contributed by atoms with van der Waals surface area (Å²) in [5.41, 5.74) is 3.43. The minimum Gasteiger partial charge on any atom is -0.481 e. The second kappa shape index (κ2) is 13.4. The van der Waals surface area contributed by atoms with E-state index in [4.69, 9.17) is 31.3 Å². The first-order valence-corrected chi connectivity index (χ1v) is 11.2. The fourth-order valence-electron chi connectivity index (χ4n) is 3.14. The summed E-state index contributed by atoms with van der Waals surface area (Å²) >= 11 is 6.03. The molecule has 0 radical (unpaired) electrons. The Labute approximate surface area is 199 Å². The number of para-hydroxylation sites is 1. The highest BCUT2D eigenvalue weighted by atomic mass is 35.5. The maximum atomic E-state index is 12.5. The van der Waals surface area contributed by atoms with Crippen LogP contribution in [0.2, 0.25) is 5.02 Å². The molecule has 176 valence electrons. The Kier molecular flexibility index (Phi) is 10.6. The van der Waals surface area contributed by atoms with Gasteiger partial charge in [0.2, 0.25) is 0 Å². The van der Waals surface area contributed by atoms with Crippen LogP contribution in [-0.4, -0.2) is 58.0 Å². The molecule has 0 amide bonds. The number of carboxylic acids is 1. The number of carbonyl (C=O) groups is 2. The van der Waals surface area contributed by atoms with Crippen molar-refractivity contribution in [2.45, 2.75) is 27.2 Å². The van der Waals surface area contributed by atoms with Gasteiger partial charge in [0, 0.05) is 35.8 Å². The fraction of sp³-hybridized carbons (Fsp3) is 0.320. The molecular weight excluding hydrogens is 442 g/mol. The Bertz CT molecular complexity index is 1010. The smallest absolute Gasteiger partial charge is 0.310 e. The van der Waals surface area contributed by atoms with Crippen LogP contribution in [0.15, 0.2) is 60.8 Å². The number of rotatable bonds is 9. The number of carboxylic acid groups (broad SMARTS) is 1. The van der Waals surface area contributed by atoms with Crippen molar-refractivity contribution in [3.63, 3.8) is 0 Å². The molecule has 0 saturated heterocycles. The van der Waals surface area contributed by atoms with E-state index in [1.54, 1.807) is 4.68 Å². The third-order valence-electron chi connectivity index (χ3n) is 4.83. The summed E-state index contributed by atoms with van der Waals surface area (Å²) in [7, 11) is 0. The molecule has 3 rings (SSSR count). The van der Waals surface area contributed by atoms with Crippen molar-refractivity contribution in [3.05, 3.63) is 71.4 Å². The number of hydrogen-bond acceptors (Lipinski definition) is 5. The number of likely N-dealkylation sites (N-methyl/N-ethyl adjacent to an activating group) is 1. The number of halogens is 1. The predicted molar refractivity (Wildman–Crippen MR) is 130 cm³/mol. The molecule has 0 fully saturated rings. The first-order chi connectivity index (χ1) is 15.8. The van der Waals surface area contributed by atoms with E-state index in [-0.39, 0.29) is 12.4 Å². The second-order valence-electron chi connectivity index (χ2n) is 7.23. The van der Waals surface area contributed by atoms with Crippen molar-refractivity contribution in [3.8, 4) is 16.9 Å². The van der Waals surface area contributed by atoms with Crippen LogP contribution in [-0.2, 0) is 20.7 Å². The first-order valence-electron chi connectivity index (χ1n) is 10.8. The Morgan fingerprint density at radius 3 is 2.24 bits per heavy atom. The van der Waals surface area contributed by atoms with Gasteiger partial charge in [0.15, 0.2) is 0 Å². The van der Waals surface area contributed by atoms with Gasteiger partial charge >= 0.3 is 5.97 Å². The standard InChI is InChI=1S/C23H26ClN3O2.C2H4O2/c1-3-26(4-2)14-15-29-22(28)16-19-17-27(21-8-6-5-7-9-21)25-23(19)18-10-12-20(24)13-11-18;1-2(3)4/h5-13,17H,3-4,14-16H2,1-2H3;1H3,(H,3,4). The van der Waals surface area contributed by atoms with Gasteiger partial charge in [-0.3, -0.25) is 9.59 Å². The van der Waals surface area contributed by atoms with Gasteiger partial charge in [-0.1, -0.05) is 55.8 Å². The van der Waals surface area contributed by atoms with E-state index in [1.165, 1.54) is 0 Å². The highest BCUT2D eigenvalue weighted by Gasteiger charge is 2.16. The van der Waals surface area contributed by atoms with Crippen LogP contribution in [0, 0.1) is 0 Å². The normalized spacial score (nSPS) is 10.5. The van der Waals surface area contributed by atoms with E-state index in [2.05, 4.69) is 18.7 Å². The minimum atomic E-state index is -0.833. The zero-order valence-electron chi connectivity index (χ0n) is 19.2. The first kappa shape index (κ1) is 26.1. The van der Waals surface area contributed by atoms with Gasteiger partial charge in [0.1, 0.15) is 6.61 Å². The molecule has 2 aromatic carbocycles. The van der Waals surface area contributed by atoms with Crippen LogP contribution in [0.3, 0.4) is 0 Å². The van der Waals surface area contributed by atoms with Gasteiger partial charge in [-0.25, -0.2) is 4.68 Å². The van der Waals surface area contributed by atoms with Gasteiger partial charge in [0.25, 0.3) is 5.97 Å². The summed E-state index contributed by atoms with van der Waals surface area (Å²) in [6.45, 7) is 8.30. The molecule has 0 unspecified atom stereocenters. The molecule has 8 heteroatoms. The molecule has 1 aromatic heterocycles. The van der Waals surface area contributed by atoms with Crippen molar-refractivity contribution in [2.75, 3.05) is 26.2 Å². The largest absolute Gasteiger partial charge is 0.481 e. The van der Waals surface area contributed by atoms with Gasteiger partial charge in [0.05, 0.1) is 17.8 Å². The Morgan fingerprint density at radius 1 is 1.06 bits per heavy atom. The molecule has 1 N–H and O–H groups in total. The van der Waals surface area contributed by atoms with Crippen molar-refractivity contribution >= 4 is 23.5 Å². The van der Waals surface area contributed by atoms with Crippen LogP contribution in [0.1, 0.15) is 26.3 Å². The summed E-state index contributed by atoms with van der Waals surface area (Å²) in [4.78, 5) is 23.7. The van der Waals surface area contributed by atoms with Crippen molar-refractivity contribution in [1.82, 2.24) is 14.7 Å². The van der Waals surface area contributed by atoms with E-state index >= 15 is 0 Å². The average molecular weight is 472 g/mol. The number of carbonyl (C=O) groups excluding carboxylic acids is 1. The van der Waals surface area contributed by atoms with Crippen molar-refractivity contribution in [2.24, 2.45) is 0 Å². The van der Waals surface area contributed by atoms with E-state index < -0.39 is 5.97 Å². The molecular formula is C25H30ClN3O4. The molecule has 0 spiro atoms. The summed E-state index contributed by atoms with van der Waals surface area (Å²) in [6, 6.07) is 17.3. The number of benzene rings is 2. The maximum absolute atomic E-state index is 12.5. The van der Waals surface area contributed by atoms with E-state index in [9.17, 15) is 4.79 Å². The molecule has 0 aliphatic rings. The molecule has 0 atom stereocenters. The molecule has 1 heterocycles. The molecule has 3 aromatic rings. The third kappa shape index (κ3) is 8.71. The van der Waals surface area contributed by atoms with Crippen LogP contribution in [0.25, 0.3) is 16.9 Å². The average Bonchev–Trinajstić information content (AvgIpc) is 3.21. The lowest BCUT2D eigenvalue weighted by atomic mass is 10.1. The number of aliphatic carboxylic acids is 1. The van der Waals surface area contributed by atoms with Crippen LogP contribution in [0.5, 0.6) is 0 Å². The predicted octanol–water partition coefficient (Wildman–Crippen LogP) is 4.71. The van der Waals surface area contributed by atoms with Crippen LogP contribution < -0.4 is 0 Å². The number of nitrogens with zero attached hydrogens (tertiary/aromatic N) is 3. The lowest BCUT2D eigenvalue weighted by Crippen LogP contribution is -2.28. The summed E-state index contributed by atoms with van der Waals surface area (Å²) in [5, 5.41) is 12.8. The highest BCUT2D eigenvalue weighted by Crippen LogP contribution is 2.26. The third-order valence-corrected chi connectivity index (χ3v) is 5.08. The van der Waals surface area contributed by atoms with Gasteiger partial charge in [-0.05, 0) is 37.4 Å². The monoisotopic (exact) mass is 471 g/mol. The van der Waals surface area contributed by atoms with Gasteiger partial charge < -0.3 is 14.7 Å². The highest BCUT2D eigenvalue weighted by molar-refractivity contribution is 6.30. The summed E-state index contributed by atoms with van der Waals surface area (Å²) < 4.78 is 7.26. The Balaban J connectivity index is 0.000000890. The quantitative estimate of drug-likeness (QED) is 0.455. The Morgan fingerprint density at radius 2 is 1.67 bits per heavy atom. The minimum absolute atomic E-state index is 0.170. The number of aromatic nitrogens is 2. The lowest BCUT2D eigenvalue weighted by molar-refractivity contribution is -0.143. The molecule has 0 aliphatic carbocycles. The molecule has 0 bridgehead atoms. The molecule has 0 aliphatic heterocycles. The lowest BCUT2D eigenvalue weighted by Gasteiger charge is -2.17. The topological polar surface area (TPSA) is 84.7 Å². The summed E-state index contributed by atoms with van der Waals surface area (Å²) in [5.74, 6) is -1.08. The molecule has 7 nitrogen and oxygen atoms in total. The molecule has 33 heavy (non-hydrogen) atoms. The maximum Gasteiger partial charge on any atom is 0.310 e. The number of esters is 1. The summed E-state index contributed by atoms with van der Waals surface area (Å²) in [6.07, 6.45) is 2.06. The van der Waals surface area contributed by atoms with E-state index in [1.807, 2.05) is 60.8 Å². The zero-order valence-corrected chi connectivity index (χ0v) is 20.0. The fourth-order valence-corrected chi connectivity index (χ4v) is 3.26. The van der Waals surface area contributed by atoms with Crippen molar-refractivity contribution < 1.29 is 19.4 Å².